The third-order valence-electron chi connectivity index (χ3n) is 7.42. The number of anilines is 1. The van der Waals surface area contributed by atoms with Crippen molar-refractivity contribution in [2.24, 2.45) is 0 Å². The molecular formula is C25H21FN4O3S2. The molecular weight excluding hydrogens is 487 g/mol. The molecule has 0 aliphatic carbocycles. The Bertz CT molecular complexity index is 1370. The van der Waals surface area contributed by atoms with Crippen molar-refractivity contribution in [2.75, 3.05) is 25.5 Å². The number of carbonyl (C=O) groups is 2. The molecule has 0 radical (unpaired) electrons. The lowest BCUT2D eigenvalue weighted by Crippen LogP contribution is -2.62. The molecule has 2 spiro atoms. The molecule has 3 atom stereocenters. The maximum Gasteiger partial charge on any atom is 0.254 e. The Morgan fingerprint density at radius 2 is 1.94 bits per heavy atom. The molecule has 0 bridgehead atoms. The smallest absolute Gasteiger partial charge is 0.254 e. The Balaban J connectivity index is 1.62. The van der Waals surface area contributed by atoms with Crippen LogP contribution in [0.2, 0.25) is 0 Å². The van der Waals surface area contributed by atoms with Gasteiger partial charge in [0.1, 0.15) is 20.6 Å². The van der Waals surface area contributed by atoms with E-state index in [1.165, 1.54) is 33.7 Å². The van der Waals surface area contributed by atoms with Crippen molar-refractivity contribution in [1.82, 2.24) is 14.8 Å². The number of aromatic nitrogens is 1. The van der Waals surface area contributed by atoms with E-state index < -0.39 is 22.0 Å². The first-order valence-corrected chi connectivity index (χ1v) is 12.3. The van der Waals surface area contributed by atoms with Gasteiger partial charge in [-0.25, -0.2) is 4.39 Å². The second-order valence-corrected chi connectivity index (χ2v) is 10.9. The van der Waals surface area contributed by atoms with Gasteiger partial charge in [-0.05, 0) is 55.1 Å². The van der Waals surface area contributed by atoms with Crippen molar-refractivity contribution >= 4 is 45.8 Å². The quantitative estimate of drug-likeness (QED) is 0.502. The van der Waals surface area contributed by atoms with Gasteiger partial charge < -0.3 is 9.32 Å². The largest absolute Gasteiger partial charge is 0.467 e. The summed E-state index contributed by atoms with van der Waals surface area (Å²) in [5.41, 5.74) is 0.485. The van der Waals surface area contributed by atoms with Gasteiger partial charge in [0.25, 0.3) is 5.91 Å². The highest BCUT2D eigenvalue weighted by Crippen LogP contribution is 2.66. The zero-order chi connectivity index (χ0) is 24.5. The van der Waals surface area contributed by atoms with Crippen LogP contribution in [-0.2, 0) is 21.7 Å². The van der Waals surface area contributed by atoms with Gasteiger partial charge in [-0.2, -0.15) is 0 Å². The van der Waals surface area contributed by atoms with Gasteiger partial charge in [0.05, 0.1) is 12.8 Å². The maximum absolute atomic E-state index is 14.7. The van der Waals surface area contributed by atoms with Crippen molar-refractivity contribution in [3.05, 3.63) is 83.8 Å². The molecule has 178 valence electrons. The second kappa shape index (κ2) is 7.71. The summed E-state index contributed by atoms with van der Waals surface area (Å²) in [5, 5.41) is 0. The Morgan fingerprint density at radius 3 is 2.66 bits per heavy atom. The molecule has 2 amide bonds. The third kappa shape index (κ3) is 2.75. The summed E-state index contributed by atoms with van der Waals surface area (Å²) in [6.07, 6.45) is 4.89. The number of hydrogen-bond acceptors (Lipinski definition) is 7. The van der Waals surface area contributed by atoms with E-state index in [1.807, 2.05) is 24.1 Å². The fourth-order valence-electron chi connectivity index (χ4n) is 5.96. The zero-order valence-corrected chi connectivity index (χ0v) is 20.6. The first-order valence-electron chi connectivity index (χ1n) is 11.1. The van der Waals surface area contributed by atoms with Crippen LogP contribution in [0.3, 0.4) is 0 Å². The number of likely N-dealkylation sites (tertiary alicyclic amines) is 1. The highest BCUT2D eigenvalue weighted by atomic mass is 32.2. The number of rotatable bonds is 3. The average Bonchev–Trinajstić information content (AvgIpc) is 3.57. The van der Waals surface area contributed by atoms with Crippen LogP contribution in [0.5, 0.6) is 0 Å². The highest BCUT2D eigenvalue weighted by Gasteiger charge is 2.78. The summed E-state index contributed by atoms with van der Waals surface area (Å²) in [6, 6.07) is 11.6. The van der Waals surface area contributed by atoms with Crippen molar-refractivity contribution < 1.29 is 18.4 Å². The first kappa shape index (κ1) is 22.4. The number of thiocarbonyl (C=S) groups is 1. The third-order valence-corrected chi connectivity index (χ3v) is 9.36. The number of benzene rings is 1. The number of thioether (sulfide) groups is 1. The monoisotopic (exact) mass is 508 g/mol. The summed E-state index contributed by atoms with van der Waals surface area (Å²) in [6.45, 7) is 0.553. The number of pyridine rings is 1. The number of amides is 2. The SMILES string of the molecule is CN1C(=O)[C@@]2(c3cc(F)ccc31)N(C)C[C@H](c1ccncc1)[C@@]21SC(=S)N(Cc2ccco2)C1=O. The molecule has 2 fully saturated rings. The Labute approximate surface area is 210 Å². The van der Waals surface area contributed by atoms with Crippen molar-refractivity contribution in [3.8, 4) is 0 Å². The molecule has 7 nitrogen and oxygen atoms in total. The van der Waals surface area contributed by atoms with Crippen molar-refractivity contribution in [3.63, 3.8) is 0 Å². The lowest BCUT2D eigenvalue weighted by atomic mass is 9.72. The van der Waals surface area contributed by atoms with E-state index in [2.05, 4.69) is 4.98 Å². The number of halogens is 1. The lowest BCUT2D eigenvalue weighted by molar-refractivity contribution is -0.139. The summed E-state index contributed by atoms with van der Waals surface area (Å²) in [4.78, 5) is 37.9. The fraction of sp³-hybridized carbons (Fsp3) is 0.280. The highest BCUT2D eigenvalue weighted by molar-refractivity contribution is 8.25. The fourth-order valence-corrected chi connectivity index (χ4v) is 8.09. The van der Waals surface area contributed by atoms with Gasteiger partial charge >= 0.3 is 0 Å². The van der Waals surface area contributed by atoms with Crippen LogP contribution in [0, 0.1) is 5.82 Å². The molecule has 5 heterocycles. The minimum atomic E-state index is -1.45. The zero-order valence-electron chi connectivity index (χ0n) is 19.0. The van der Waals surface area contributed by atoms with Crippen LogP contribution < -0.4 is 4.90 Å². The maximum atomic E-state index is 14.7. The summed E-state index contributed by atoms with van der Waals surface area (Å²) in [5.74, 6) is -0.846. The van der Waals surface area contributed by atoms with E-state index >= 15 is 0 Å². The van der Waals surface area contributed by atoms with E-state index in [0.717, 1.165) is 5.56 Å². The average molecular weight is 509 g/mol. The van der Waals surface area contributed by atoms with Crippen molar-refractivity contribution in [1.29, 1.82) is 0 Å². The van der Waals surface area contributed by atoms with Gasteiger partial charge in [-0.15, -0.1) is 0 Å². The van der Waals surface area contributed by atoms with E-state index in [0.29, 0.717) is 27.9 Å². The molecule has 3 aliphatic rings. The number of nitrogens with zero attached hydrogens (tertiary/aromatic N) is 4. The number of likely N-dealkylation sites (N-methyl/N-ethyl adjacent to an activating group) is 2. The summed E-state index contributed by atoms with van der Waals surface area (Å²) < 4.78 is 19.2. The lowest BCUT2D eigenvalue weighted by Gasteiger charge is -2.42. The molecule has 0 saturated carbocycles. The molecule has 6 rings (SSSR count). The summed E-state index contributed by atoms with van der Waals surface area (Å²) >= 11 is 6.98. The number of hydrogen-bond donors (Lipinski definition) is 0. The molecule has 2 aromatic heterocycles. The molecule has 35 heavy (non-hydrogen) atoms. The predicted octanol–water partition coefficient (Wildman–Crippen LogP) is 3.51. The predicted molar refractivity (Wildman–Crippen MR) is 133 cm³/mol. The van der Waals surface area contributed by atoms with E-state index in [9.17, 15) is 14.0 Å². The van der Waals surface area contributed by atoms with Gasteiger partial charge in [0, 0.05) is 43.2 Å². The van der Waals surface area contributed by atoms with Gasteiger partial charge in [-0.1, -0.05) is 24.0 Å². The minimum absolute atomic E-state index is 0.155. The Kier molecular flexibility index (Phi) is 4.93. The number of carbonyl (C=O) groups excluding carboxylic acids is 2. The van der Waals surface area contributed by atoms with Crippen LogP contribution >= 0.6 is 24.0 Å². The summed E-state index contributed by atoms with van der Waals surface area (Å²) in [7, 11) is 3.49. The number of fused-ring (bicyclic) bond motifs is 3. The normalized spacial score (nSPS) is 28.2. The van der Waals surface area contributed by atoms with Crippen LogP contribution in [0.15, 0.2) is 65.5 Å². The molecule has 0 unspecified atom stereocenters. The van der Waals surface area contributed by atoms with Crippen molar-refractivity contribution in [2.45, 2.75) is 22.7 Å². The molecule has 10 heteroatoms. The second-order valence-electron chi connectivity index (χ2n) is 9.02. The molecule has 3 aliphatic heterocycles. The Hall–Kier alpha value is -3.08. The van der Waals surface area contributed by atoms with E-state index in [-0.39, 0.29) is 18.4 Å². The van der Waals surface area contributed by atoms with E-state index in [1.54, 1.807) is 43.9 Å². The molecule has 2 saturated heterocycles. The molecule has 3 aromatic rings. The van der Waals surface area contributed by atoms with Gasteiger partial charge in [0.15, 0.2) is 5.54 Å². The standard InChI is InChI=1S/C25H21FN4O3S2/c1-28-14-19(15-7-9-27-10-8-15)25(22(32)30(23(34)35-25)13-17-4-3-11-33-17)24(28)18-12-16(26)5-6-20(18)29(2)21(24)31/h3-12,19H,13-14H2,1-2H3/t19-,24-,25+/m1/s1. The van der Waals surface area contributed by atoms with Crippen LogP contribution in [0.25, 0.3) is 0 Å². The van der Waals surface area contributed by atoms with Crippen LogP contribution in [0.4, 0.5) is 10.1 Å². The molecule has 1 aromatic carbocycles. The number of furan rings is 1. The van der Waals surface area contributed by atoms with Gasteiger partial charge in [0.2, 0.25) is 5.91 Å². The first-order chi connectivity index (χ1) is 16.8. The van der Waals surface area contributed by atoms with Crippen LogP contribution in [0.1, 0.15) is 22.8 Å². The molecule has 0 N–H and O–H groups in total. The van der Waals surface area contributed by atoms with Crippen LogP contribution in [-0.4, -0.2) is 56.3 Å². The minimum Gasteiger partial charge on any atom is -0.467 e. The van der Waals surface area contributed by atoms with E-state index in [4.69, 9.17) is 16.6 Å². The topological polar surface area (TPSA) is 69.9 Å². The van der Waals surface area contributed by atoms with Gasteiger partial charge in [-0.3, -0.25) is 24.4 Å². The Morgan fingerprint density at radius 1 is 1.17 bits per heavy atom.